The number of sulfonamides is 1. The topological polar surface area (TPSA) is 60.2 Å². The summed E-state index contributed by atoms with van der Waals surface area (Å²) >= 11 is 0. The predicted molar refractivity (Wildman–Crippen MR) is 35.9 cm³/mol. The van der Waals surface area contributed by atoms with Crippen LogP contribution in [0.4, 0.5) is 0 Å². The van der Waals surface area contributed by atoms with Gasteiger partial charge in [-0.1, -0.05) is 0 Å². The first kappa shape index (κ1) is 30.3. The fourth-order valence-corrected chi connectivity index (χ4v) is 0. The molecule has 10 heavy (non-hydrogen) atoms. The molecule has 0 aliphatic carbocycles. The van der Waals surface area contributed by atoms with E-state index in [-0.39, 0.29) is 47.0 Å². The van der Waals surface area contributed by atoms with Gasteiger partial charge in [-0.05, 0) is 0 Å². The number of rotatable bonds is 0. The molecule has 0 aliphatic rings. The summed E-state index contributed by atoms with van der Waals surface area (Å²) in [5, 5.41) is 4.22. The van der Waals surface area contributed by atoms with E-state index in [0.717, 1.165) is 0 Å². The van der Waals surface area contributed by atoms with E-state index in [2.05, 4.69) is 18.3 Å². The first-order chi connectivity index (χ1) is 3.00. The summed E-state index contributed by atoms with van der Waals surface area (Å²) in [5.74, 6) is 0. The molecule has 2 N–H and O–H groups in total. The predicted octanol–water partition coefficient (Wildman–Crippen LogP) is 0.352. The molecule has 0 saturated heterocycles. The average Bonchev–Trinajstić information content (AvgIpc) is 1.36. The summed E-state index contributed by atoms with van der Waals surface area (Å²) < 4.78 is 18.6. The molecule has 0 fully saturated rings. The van der Waals surface area contributed by atoms with Gasteiger partial charge in [0.1, 0.15) is 0 Å². The largest absolute Gasteiger partial charge is 2.00 e. The quantitative estimate of drug-likeness (QED) is 0.624. The molecular weight excluding hydrogens is 361 g/mol. The van der Waals surface area contributed by atoms with Crippen LogP contribution in [0.3, 0.4) is 0 Å². The van der Waals surface area contributed by atoms with Crippen LogP contribution >= 0.6 is 0 Å². The summed E-state index contributed by atoms with van der Waals surface area (Å²) in [6, 6.07) is 0. The van der Waals surface area contributed by atoms with Crippen molar-refractivity contribution < 1.29 is 48.0 Å². The van der Waals surface area contributed by atoms with E-state index in [0.29, 0.717) is 0 Å². The number of primary sulfonamides is 1. The number of hydrogen-bond acceptors (Lipinski definition) is 2. The summed E-state index contributed by atoms with van der Waals surface area (Å²) in [4.78, 5) is 0. The van der Waals surface area contributed by atoms with Gasteiger partial charge in [0, 0.05) is 21.1 Å². The van der Waals surface area contributed by atoms with Gasteiger partial charge in [0.15, 0.2) is 0 Å². The normalized spacial score (nSPS) is 6.40. The van der Waals surface area contributed by atoms with Gasteiger partial charge in [-0.25, -0.2) is 14.7 Å². The zero-order chi connectivity index (χ0) is 6.50. The third-order valence-corrected chi connectivity index (χ3v) is 0. The molecule has 0 spiro atoms. The van der Waals surface area contributed by atoms with Crippen LogP contribution in [0.2, 0.25) is 0 Å². The second-order valence-electron chi connectivity index (χ2n) is 0.663. The Morgan fingerprint density at radius 1 is 1.30 bits per heavy atom. The van der Waals surface area contributed by atoms with Crippen molar-refractivity contribution in [1.82, 2.24) is 0 Å². The molecule has 0 heterocycles. The van der Waals surface area contributed by atoms with E-state index in [1.54, 1.807) is 6.92 Å². The van der Waals surface area contributed by atoms with Crippen LogP contribution in [-0.2, 0) is 49.6 Å². The fourth-order valence-electron chi connectivity index (χ4n) is 0. The molecule has 0 amide bonds. The minimum Gasteiger partial charge on any atom is -0.358 e. The minimum absolute atomic E-state index is 0. The van der Waals surface area contributed by atoms with Gasteiger partial charge < -0.3 is 14.4 Å². The maximum absolute atomic E-state index is 9.30. The zero-order valence-electron chi connectivity index (χ0n) is 6.07. The molecule has 0 bridgehead atoms. The third kappa shape index (κ3) is 440. The SMILES string of the molecule is [CH2-]C.[CH2-]S(N)(=O)=O.[CH3-].[V+2].[W]. The maximum Gasteiger partial charge on any atom is 2.00 e. The summed E-state index contributed by atoms with van der Waals surface area (Å²) in [5.41, 5.74) is 0. The van der Waals surface area contributed by atoms with Gasteiger partial charge in [-0.3, -0.25) is 5.14 Å². The van der Waals surface area contributed by atoms with Crippen LogP contribution in [0.25, 0.3) is 0 Å². The molecule has 1 radical (unpaired) electrons. The molecule has 0 unspecified atom stereocenters. The molecule has 0 aromatic carbocycles. The molecule has 6 heteroatoms. The summed E-state index contributed by atoms with van der Waals surface area (Å²) in [7, 11) is -3.42. The van der Waals surface area contributed by atoms with Crippen LogP contribution in [-0.4, -0.2) is 8.42 Å². The van der Waals surface area contributed by atoms with E-state index >= 15 is 0 Å². The van der Waals surface area contributed by atoms with Gasteiger partial charge in [0.2, 0.25) is 0 Å². The van der Waals surface area contributed by atoms with E-state index in [1.807, 2.05) is 0 Å². The third-order valence-electron chi connectivity index (χ3n) is 0. The van der Waals surface area contributed by atoms with E-state index < -0.39 is 10.0 Å². The number of hydrogen-bond donors (Lipinski definition) is 1. The van der Waals surface area contributed by atoms with Crippen molar-refractivity contribution in [1.29, 1.82) is 0 Å². The molecular formula is C4H12NO2SVW-. The Bertz CT molecular complexity index is 106. The van der Waals surface area contributed by atoms with Crippen molar-refractivity contribution in [3.05, 3.63) is 20.6 Å². The van der Waals surface area contributed by atoms with E-state index in [4.69, 9.17) is 0 Å². The Morgan fingerprint density at radius 3 is 1.30 bits per heavy atom. The molecule has 0 atom stereocenters. The Labute approximate surface area is 90.3 Å². The van der Waals surface area contributed by atoms with Crippen LogP contribution < -0.4 is 5.14 Å². The van der Waals surface area contributed by atoms with E-state index in [1.165, 1.54) is 0 Å². The van der Waals surface area contributed by atoms with Crippen molar-refractivity contribution >= 4 is 10.0 Å². The minimum atomic E-state index is -3.42. The second kappa shape index (κ2) is 16.6. The van der Waals surface area contributed by atoms with Gasteiger partial charge in [0.25, 0.3) is 0 Å². The van der Waals surface area contributed by atoms with Crippen LogP contribution in [0.1, 0.15) is 6.92 Å². The van der Waals surface area contributed by atoms with Crippen LogP contribution in [0, 0.1) is 20.6 Å². The first-order valence-corrected chi connectivity index (χ1v) is 3.28. The van der Waals surface area contributed by atoms with Gasteiger partial charge >= 0.3 is 18.6 Å². The Balaban J connectivity index is -0.0000000154. The van der Waals surface area contributed by atoms with Gasteiger partial charge in [-0.2, -0.15) is 6.92 Å². The van der Waals surface area contributed by atoms with Crippen LogP contribution in [0.15, 0.2) is 0 Å². The van der Waals surface area contributed by atoms with Crippen molar-refractivity contribution in [2.75, 3.05) is 0 Å². The van der Waals surface area contributed by atoms with Crippen molar-refractivity contribution in [3.63, 3.8) is 0 Å². The molecule has 63 valence electrons. The molecule has 0 rings (SSSR count). The summed E-state index contributed by atoms with van der Waals surface area (Å²) in [6.07, 6.45) is 2.52. The maximum atomic E-state index is 9.30. The number of nitrogens with two attached hydrogens (primary N) is 1. The second-order valence-corrected chi connectivity index (χ2v) is 1.99. The average molecular weight is 373 g/mol. The Morgan fingerprint density at radius 2 is 1.30 bits per heavy atom. The smallest absolute Gasteiger partial charge is 0.358 e. The zero-order valence-corrected chi connectivity index (χ0v) is 11.2. The first-order valence-electron chi connectivity index (χ1n) is 1.56. The molecule has 0 aliphatic heterocycles. The van der Waals surface area contributed by atoms with Crippen molar-refractivity contribution in [2.45, 2.75) is 6.92 Å². The van der Waals surface area contributed by atoms with Gasteiger partial charge in [0.05, 0.1) is 10.0 Å². The molecule has 3 nitrogen and oxygen atoms in total. The van der Waals surface area contributed by atoms with Gasteiger partial charge in [-0.15, -0.1) is 0 Å². The fraction of sp³-hybridized carbons (Fsp3) is 0.250. The standard InChI is InChI=1S/C2H5.CH4NO2S.CH3.V.W/c1-2;1-5(2,3)4;;;/h1H2,2H3;1H2,(H2,2,3,4);1H3;;/q3*-1;+2;. The Kier molecular flexibility index (Phi) is 50.5. The van der Waals surface area contributed by atoms with E-state index in [9.17, 15) is 8.42 Å². The summed E-state index contributed by atoms with van der Waals surface area (Å²) in [6.45, 7) is 5.00. The van der Waals surface area contributed by atoms with Crippen molar-refractivity contribution in [3.8, 4) is 0 Å². The monoisotopic (exact) mass is 373 g/mol. The molecule has 0 saturated carbocycles. The molecule has 0 aromatic heterocycles. The Hall–Kier alpha value is 1.18. The molecule has 0 aromatic rings. The van der Waals surface area contributed by atoms with Crippen molar-refractivity contribution in [2.24, 2.45) is 5.14 Å². The van der Waals surface area contributed by atoms with Crippen LogP contribution in [0.5, 0.6) is 0 Å².